The van der Waals surface area contributed by atoms with Gasteiger partial charge in [0.15, 0.2) is 0 Å². The molecule has 2 nitrogen and oxygen atoms in total. The Morgan fingerprint density at radius 2 is 2.07 bits per heavy atom. The number of halogens is 2. The summed E-state index contributed by atoms with van der Waals surface area (Å²) in [5.41, 5.74) is 0.578. The predicted molar refractivity (Wildman–Crippen MR) is 55.0 cm³/mol. The molecule has 1 rings (SSSR count). The van der Waals surface area contributed by atoms with E-state index >= 15 is 0 Å². The zero-order valence-electron chi connectivity index (χ0n) is 7.76. The second-order valence-electron chi connectivity index (χ2n) is 3.04. The third-order valence-electron chi connectivity index (χ3n) is 1.59. The summed E-state index contributed by atoms with van der Waals surface area (Å²) in [6.45, 7) is 1.74. The minimum Gasteiger partial charge on any atom is -0.326 e. The van der Waals surface area contributed by atoms with Gasteiger partial charge in [-0.3, -0.25) is 4.79 Å². The second kappa shape index (κ2) is 4.96. The Morgan fingerprint density at radius 3 is 2.57 bits per heavy atom. The van der Waals surface area contributed by atoms with Gasteiger partial charge in [0.2, 0.25) is 5.91 Å². The maximum absolute atomic E-state index is 12.5. The Balaban J connectivity index is 2.52. The summed E-state index contributed by atoms with van der Waals surface area (Å²) in [5.74, 6) is -0.493. The standard InChI is InChI=1S/C10H11ClFNO/c1-7(11)6-10(14)13-9-4-2-8(12)3-5-9/h2-5,7H,6H2,1H3,(H,13,14). The van der Waals surface area contributed by atoms with Gasteiger partial charge in [0.05, 0.1) is 0 Å². The van der Waals surface area contributed by atoms with Gasteiger partial charge in [-0.05, 0) is 31.2 Å². The number of hydrogen-bond donors (Lipinski definition) is 1. The lowest BCUT2D eigenvalue weighted by atomic mass is 10.2. The zero-order valence-corrected chi connectivity index (χ0v) is 8.51. The molecule has 4 heteroatoms. The molecule has 1 N–H and O–H groups in total. The third-order valence-corrected chi connectivity index (χ3v) is 1.75. The van der Waals surface area contributed by atoms with Crippen LogP contribution in [0.15, 0.2) is 24.3 Å². The van der Waals surface area contributed by atoms with Crippen molar-refractivity contribution in [1.29, 1.82) is 0 Å². The Hall–Kier alpha value is -1.09. The number of alkyl halides is 1. The molecule has 0 spiro atoms. The largest absolute Gasteiger partial charge is 0.326 e. The van der Waals surface area contributed by atoms with E-state index in [1.165, 1.54) is 24.3 Å². The minimum atomic E-state index is -0.325. The molecule has 1 amide bonds. The van der Waals surface area contributed by atoms with E-state index < -0.39 is 0 Å². The van der Waals surface area contributed by atoms with Crippen molar-refractivity contribution in [2.75, 3.05) is 5.32 Å². The van der Waals surface area contributed by atoms with E-state index in [4.69, 9.17) is 11.6 Å². The van der Waals surface area contributed by atoms with E-state index in [1.807, 2.05) is 0 Å². The smallest absolute Gasteiger partial charge is 0.225 e. The van der Waals surface area contributed by atoms with Gasteiger partial charge in [0.25, 0.3) is 0 Å². The minimum absolute atomic E-state index is 0.167. The average molecular weight is 216 g/mol. The normalized spacial score (nSPS) is 12.2. The first kappa shape index (κ1) is 11.0. The molecule has 1 aromatic rings. The fourth-order valence-corrected chi connectivity index (χ4v) is 1.14. The van der Waals surface area contributed by atoms with E-state index in [-0.39, 0.29) is 23.5 Å². The van der Waals surface area contributed by atoms with Crippen molar-refractivity contribution in [2.24, 2.45) is 0 Å². The highest BCUT2D eigenvalue weighted by Gasteiger charge is 2.06. The fraction of sp³-hybridized carbons (Fsp3) is 0.300. The number of benzene rings is 1. The number of carbonyl (C=O) groups is 1. The molecule has 1 unspecified atom stereocenters. The van der Waals surface area contributed by atoms with Gasteiger partial charge in [0.1, 0.15) is 5.82 Å². The third kappa shape index (κ3) is 3.75. The number of nitrogens with one attached hydrogen (secondary N) is 1. The SMILES string of the molecule is CC(Cl)CC(=O)Nc1ccc(F)cc1. The number of carbonyl (C=O) groups excluding carboxylic acids is 1. The molecule has 0 aliphatic carbocycles. The van der Waals surface area contributed by atoms with Crippen LogP contribution in [0.2, 0.25) is 0 Å². The number of hydrogen-bond acceptors (Lipinski definition) is 1. The summed E-state index contributed by atoms with van der Waals surface area (Å²) >= 11 is 5.64. The van der Waals surface area contributed by atoms with Gasteiger partial charge in [-0.2, -0.15) is 0 Å². The Kier molecular flexibility index (Phi) is 3.89. The van der Waals surface area contributed by atoms with E-state index in [0.29, 0.717) is 5.69 Å². The Morgan fingerprint density at radius 1 is 1.50 bits per heavy atom. The van der Waals surface area contributed by atoms with Crippen LogP contribution >= 0.6 is 11.6 Å². The molecule has 0 fully saturated rings. The molecule has 1 aromatic carbocycles. The van der Waals surface area contributed by atoms with Crippen molar-refractivity contribution in [3.05, 3.63) is 30.1 Å². The van der Waals surface area contributed by atoms with Crippen LogP contribution in [0.5, 0.6) is 0 Å². The molecule has 0 aliphatic heterocycles. The number of rotatable bonds is 3. The molecule has 0 aromatic heterocycles. The molecule has 0 bridgehead atoms. The lowest BCUT2D eigenvalue weighted by Crippen LogP contribution is -2.14. The van der Waals surface area contributed by atoms with Crippen molar-refractivity contribution < 1.29 is 9.18 Å². The Labute approximate surface area is 87.1 Å². The number of anilines is 1. The zero-order chi connectivity index (χ0) is 10.6. The van der Waals surface area contributed by atoms with Crippen LogP contribution in [0.4, 0.5) is 10.1 Å². The molecular weight excluding hydrogens is 205 g/mol. The maximum Gasteiger partial charge on any atom is 0.225 e. The Bertz CT molecular complexity index is 310. The van der Waals surface area contributed by atoms with Crippen LogP contribution < -0.4 is 5.32 Å². The van der Waals surface area contributed by atoms with Crippen LogP contribution in [0, 0.1) is 5.82 Å². The van der Waals surface area contributed by atoms with Gasteiger partial charge in [-0.25, -0.2) is 4.39 Å². The first-order chi connectivity index (χ1) is 6.58. The van der Waals surface area contributed by atoms with Crippen LogP contribution in [-0.4, -0.2) is 11.3 Å². The lowest BCUT2D eigenvalue weighted by Gasteiger charge is -2.05. The summed E-state index contributed by atoms with van der Waals surface area (Å²) in [6.07, 6.45) is 0.249. The summed E-state index contributed by atoms with van der Waals surface area (Å²) in [4.78, 5) is 11.2. The molecule has 0 saturated heterocycles. The van der Waals surface area contributed by atoms with Crippen molar-refractivity contribution in [3.63, 3.8) is 0 Å². The fourth-order valence-electron chi connectivity index (χ4n) is 1.00. The van der Waals surface area contributed by atoms with Crippen molar-refractivity contribution in [3.8, 4) is 0 Å². The van der Waals surface area contributed by atoms with Crippen LogP contribution in [-0.2, 0) is 4.79 Å². The highest BCUT2D eigenvalue weighted by atomic mass is 35.5. The first-order valence-electron chi connectivity index (χ1n) is 4.27. The molecular formula is C10H11ClFNO. The van der Waals surface area contributed by atoms with Gasteiger partial charge < -0.3 is 5.32 Å². The highest BCUT2D eigenvalue weighted by Crippen LogP contribution is 2.09. The van der Waals surface area contributed by atoms with Gasteiger partial charge in [-0.1, -0.05) is 0 Å². The van der Waals surface area contributed by atoms with E-state index in [9.17, 15) is 9.18 Å². The van der Waals surface area contributed by atoms with Gasteiger partial charge in [0, 0.05) is 17.5 Å². The lowest BCUT2D eigenvalue weighted by molar-refractivity contribution is -0.116. The van der Waals surface area contributed by atoms with Crippen LogP contribution in [0.3, 0.4) is 0 Å². The first-order valence-corrected chi connectivity index (χ1v) is 4.71. The molecule has 76 valence electrons. The molecule has 0 radical (unpaired) electrons. The van der Waals surface area contributed by atoms with E-state index in [0.717, 1.165) is 0 Å². The van der Waals surface area contributed by atoms with Crippen molar-refractivity contribution in [2.45, 2.75) is 18.7 Å². The average Bonchev–Trinajstić information content (AvgIpc) is 2.07. The second-order valence-corrected chi connectivity index (χ2v) is 3.79. The summed E-state index contributed by atoms with van der Waals surface area (Å²) in [7, 11) is 0. The van der Waals surface area contributed by atoms with E-state index in [2.05, 4.69) is 5.32 Å². The van der Waals surface area contributed by atoms with Crippen LogP contribution in [0.25, 0.3) is 0 Å². The van der Waals surface area contributed by atoms with Crippen LogP contribution in [0.1, 0.15) is 13.3 Å². The van der Waals surface area contributed by atoms with Crippen molar-refractivity contribution in [1.82, 2.24) is 0 Å². The molecule has 0 saturated carbocycles. The topological polar surface area (TPSA) is 29.1 Å². The van der Waals surface area contributed by atoms with Gasteiger partial charge >= 0.3 is 0 Å². The molecule has 14 heavy (non-hydrogen) atoms. The molecule has 0 heterocycles. The summed E-state index contributed by atoms with van der Waals surface area (Å²) in [5, 5.41) is 2.41. The molecule has 0 aliphatic rings. The predicted octanol–water partition coefficient (Wildman–Crippen LogP) is 2.78. The number of amides is 1. The summed E-state index contributed by atoms with van der Waals surface area (Å²) in [6, 6.07) is 5.59. The van der Waals surface area contributed by atoms with Gasteiger partial charge in [-0.15, -0.1) is 11.6 Å². The summed E-state index contributed by atoms with van der Waals surface area (Å²) < 4.78 is 12.5. The highest BCUT2D eigenvalue weighted by molar-refractivity contribution is 6.21. The van der Waals surface area contributed by atoms with Crippen molar-refractivity contribution >= 4 is 23.2 Å². The quantitative estimate of drug-likeness (QED) is 0.772. The molecule has 1 atom stereocenters. The maximum atomic E-state index is 12.5. The monoisotopic (exact) mass is 215 g/mol. The van der Waals surface area contributed by atoms with E-state index in [1.54, 1.807) is 6.92 Å².